The van der Waals surface area contributed by atoms with Crippen LogP contribution in [0.4, 0.5) is 13.2 Å². The van der Waals surface area contributed by atoms with Crippen LogP contribution < -0.4 is 10.5 Å². The van der Waals surface area contributed by atoms with Gasteiger partial charge in [0.1, 0.15) is 18.4 Å². The zero-order valence-corrected chi connectivity index (χ0v) is 18.3. The van der Waals surface area contributed by atoms with Crippen LogP contribution in [0, 0.1) is 5.41 Å². The van der Waals surface area contributed by atoms with Crippen molar-refractivity contribution in [3.63, 3.8) is 0 Å². The molecule has 0 spiro atoms. The molecule has 2 heterocycles. The fraction of sp³-hybridized carbons (Fsp3) is 0.292. The van der Waals surface area contributed by atoms with Crippen molar-refractivity contribution >= 4 is 5.96 Å². The molecule has 1 aliphatic heterocycles. The Labute approximate surface area is 194 Å². The number of halogens is 3. The van der Waals surface area contributed by atoms with Gasteiger partial charge in [0.15, 0.2) is 5.96 Å². The molecule has 178 valence electrons. The van der Waals surface area contributed by atoms with E-state index in [1.165, 1.54) is 12.1 Å². The molecule has 1 aliphatic rings. The fourth-order valence-corrected chi connectivity index (χ4v) is 3.92. The molecule has 7 nitrogen and oxygen atoms in total. The van der Waals surface area contributed by atoms with Gasteiger partial charge >= 0.3 is 6.18 Å². The van der Waals surface area contributed by atoms with E-state index in [0.717, 1.165) is 36.1 Å². The molecule has 1 atom stereocenters. The largest absolute Gasteiger partial charge is 0.489 e. The van der Waals surface area contributed by atoms with Gasteiger partial charge in [-0.2, -0.15) is 18.2 Å². The van der Waals surface area contributed by atoms with Crippen molar-refractivity contribution < 1.29 is 22.4 Å². The summed E-state index contributed by atoms with van der Waals surface area (Å²) in [4.78, 5) is 6.25. The summed E-state index contributed by atoms with van der Waals surface area (Å²) in [5, 5.41) is 11.8. The second kappa shape index (κ2) is 9.58. The van der Waals surface area contributed by atoms with Gasteiger partial charge in [-0.3, -0.25) is 5.41 Å². The van der Waals surface area contributed by atoms with E-state index in [-0.39, 0.29) is 18.6 Å². The number of hydrogen-bond donors (Lipinski definition) is 2. The molecule has 3 N–H and O–H groups in total. The molecule has 1 aromatic heterocycles. The minimum absolute atomic E-state index is 0.0231. The maximum absolute atomic E-state index is 12.8. The van der Waals surface area contributed by atoms with Crippen LogP contribution in [-0.4, -0.2) is 27.5 Å². The zero-order valence-electron chi connectivity index (χ0n) is 18.3. The van der Waals surface area contributed by atoms with Crippen molar-refractivity contribution in [1.82, 2.24) is 15.0 Å². The van der Waals surface area contributed by atoms with Crippen LogP contribution in [0.15, 0.2) is 59.6 Å². The Morgan fingerprint density at radius 1 is 1.26 bits per heavy atom. The van der Waals surface area contributed by atoms with Crippen molar-refractivity contribution in [2.45, 2.75) is 38.1 Å². The predicted octanol–water partition coefficient (Wildman–Crippen LogP) is 5.09. The van der Waals surface area contributed by atoms with Crippen molar-refractivity contribution in [2.75, 3.05) is 6.54 Å². The number of rotatable bonds is 7. The second-order valence-electron chi connectivity index (χ2n) is 7.99. The minimum atomic E-state index is -4.37. The lowest BCUT2D eigenvalue weighted by Crippen LogP contribution is -2.35. The van der Waals surface area contributed by atoms with Gasteiger partial charge in [-0.05, 0) is 60.7 Å². The number of allylic oxidation sites excluding steroid dienone is 1. The monoisotopic (exact) mass is 471 g/mol. The lowest BCUT2D eigenvalue weighted by Gasteiger charge is -2.21. The number of alkyl halides is 3. The molecule has 0 aliphatic carbocycles. The van der Waals surface area contributed by atoms with Gasteiger partial charge in [-0.15, -0.1) is 6.58 Å². The zero-order chi connectivity index (χ0) is 24.3. The van der Waals surface area contributed by atoms with E-state index >= 15 is 0 Å². The van der Waals surface area contributed by atoms with Gasteiger partial charge in [-0.1, -0.05) is 23.4 Å². The molecule has 2 aromatic carbocycles. The Bertz CT molecular complexity index is 1170. The van der Waals surface area contributed by atoms with Crippen LogP contribution in [0.1, 0.15) is 41.5 Å². The molecule has 0 bridgehead atoms. The molecular weight excluding hydrogens is 447 g/mol. The summed E-state index contributed by atoms with van der Waals surface area (Å²) in [6.45, 7) is 4.58. The molecule has 0 amide bonds. The lowest BCUT2D eigenvalue weighted by molar-refractivity contribution is -0.137. The summed E-state index contributed by atoms with van der Waals surface area (Å²) in [6.07, 6.45) is -0.462. The summed E-state index contributed by atoms with van der Waals surface area (Å²) >= 11 is 0. The van der Waals surface area contributed by atoms with E-state index in [0.29, 0.717) is 36.0 Å². The van der Waals surface area contributed by atoms with Gasteiger partial charge in [0, 0.05) is 12.1 Å². The SMILES string of the molecule is C=CCc1cc(-c2noc([C@@H]3CCCN3C(=N)N)n2)ccc1OCc1ccc(C(F)(F)F)cc1. The normalized spacial score (nSPS) is 16.0. The summed E-state index contributed by atoms with van der Waals surface area (Å²) < 4.78 is 49.6. The lowest BCUT2D eigenvalue weighted by atomic mass is 10.1. The van der Waals surface area contributed by atoms with Gasteiger partial charge in [0.25, 0.3) is 0 Å². The predicted molar refractivity (Wildman–Crippen MR) is 120 cm³/mol. The highest BCUT2D eigenvalue weighted by Gasteiger charge is 2.32. The Morgan fingerprint density at radius 2 is 2.03 bits per heavy atom. The first-order valence-corrected chi connectivity index (χ1v) is 10.7. The van der Waals surface area contributed by atoms with Crippen molar-refractivity contribution in [3.8, 4) is 17.1 Å². The highest BCUT2D eigenvalue weighted by molar-refractivity contribution is 5.75. The molecular formula is C24H24F3N5O2. The first-order valence-electron chi connectivity index (χ1n) is 10.7. The minimum Gasteiger partial charge on any atom is -0.489 e. The van der Waals surface area contributed by atoms with Crippen LogP contribution in [0.5, 0.6) is 5.75 Å². The Hall–Kier alpha value is -3.82. The topological polar surface area (TPSA) is 101 Å². The number of benzene rings is 2. The number of nitrogens with one attached hydrogen (secondary N) is 1. The van der Waals surface area contributed by atoms with Crippen molar-refractivity contribution in [3.05, 3.63) is 77.7 Å². The quantitative estimate of drug-likeness (QED) is 0.283. The molecule has 1 fully saturated rings. The number of aromatic nitrogens is 2. The third-order valence-corrected chi connectivity index (χ3v) is 5.65. The highest BCUT2D eigenvalue weighted by atomic mass is 19.4. The second-order valence-corrected chi connectivity index (χ2v) is 7.99. The standard InChI is InChI=1S/C24H24F3N5O2/c1-2-4-16-13-17(21-30-22(34-31-21)19-5-3-12-32(19)23(28)29)8-11-20(16)33-14-15-6-9-18(10-7-15)24(25,26)27/h2,6-11,13,19H,1,3-5,12,14H2,(H3,28,29)/t19-/m0/s1. The van der Waals surface area contributed by atoms with Gasteiger partial charge in [-0.25, -0.2) is 0 Å². The summed E-state index contributed by atoms with van der Waals surface area (Å²) in [5.41, 5.74) is 7.13. The molecule has 0 unspecified atom stereocenters. The maximum Gasteiger partial charge on any atom is 0.416 e. The number of ether oxygens (including phenoxy) is 1. The van der Waals surface area contributed by atoms with E-state index in [9.17, 15) is 13.2 Å². The molecule has 3 aromatic rings. The van der Waals surface area contributed by atoms with Crippen molar-refractivity contribution in [1.29, 1.82) is 5.41 Å². The third kappa shape index (κ3) is 5.05. The number of nitrogens with zero attached hydrogens (tertiary/aromatic N) is 3. The summed E-state index contributed by atoms with van der Waals surface area (Å²) in [6, 6.07) is 10.1. The van der Waals surface area contributed by atoms with Gasteiger partial charge in [0.2, 0.25) is 11.7 Å². The Balaban J connectivity index is 1.50. The average Bonchev–Trinajstić information content (AvgIpc) is 3.48. The molecule has 4 rings (SSSR count). The van der Waals surface area contributed by atoms with E-state index in [4.69, 9.17) is 20.4 Å². The number of hydrogen-bond acceptors (Lipinski definition) is 5. The summed E-state index contributed by atoms with van der Waals surface area (Å²) in [5.74, 6) is 1.39. The van der Waals surface area contributed by atoms with Crippen LogP contribution in [0.2, 0.25) is 0 Å². The molecule has 10 heteroatoms. The Morgan fingerprint density at radius 3 is 2.71 bits per heavy atom. The molecule has 0 radical (unpaired) electrons. The van der Waals surface area contributed by atoms with Crippen LogP contribution in [0.25, 0.3) is 11.4 Å². The average molecular weight is 471 g/mol. The first kappa shape index (κ1) is 23.3. The number of guanidine groups is 1. The fourth-order valence-electron chi connectivity index (χ4n) is 3.92. The smallest absolute Gasteiger partial charge is 0.416 e. The highest BCUT2D eigenvalue weighted by Crippen LogP contribution is 2.33. The van der Waals surface area contributed by atoms with E-state index in [1.807, 2.05) is 6.07 Å². The maximum atomic E-state index is 12.8. The van der Waals surface area contributed by atoms with Crippen LogP contribution in [0.3, 0.4) is 0 Å². The van der Waals surface area contributed by atoms with Crippen LogP contribution >= 0.6 is 0 Å². The van der Waals surface area contributed by atoms with Crippen molar-refractivity contribution in [2.24, 2.45) is 5.73 Å². The number of nitrogens with two attached hydrogens (primary N) is 1. The van der Waals surface area contributed by atoms with E-state index in [1.54, 1.807) is 23.1 Å². The van der Waals surface area contributed by atoms with Crippen LogP contribution in [-0.2, 0) is 19.2 Å². The molecule has 1 saturated heterocycles. The van der Waals surface area contributed by atoms with Gasteiger partial charge < -0.3 is 19.9 Å². The molecule has 0 saturated carbocycles. The summed E-state index contributed by atoms with van der Waals surface area (Å²) in [7, 11) is 0. The van der Waals surface area contributed by atoms with E-state index < -0.39 is 11.7 Å². The number of likely N-dealkylation sites (tertiary alicyclic amines) is 1. The van der Waals surface area contributed by atoms with E-state index in [2.05, 4.69) is 16.7 Å². The van der Waals surface area contributed by atoms with Gasteiger partial charge in [0.05, 0.1) is 5.56 Å². The first-order chi connectivity index (χ1) is 16.3. The third-order valence-electron chi connectivity index (χ3n) is 5.65. The molecule has 34 heavy (non-hydrogen) atoms. The Kier molecular flexibility index (Phi) is 6.58.